The van der Waals surface area contributed by atoms with Gasteiger partial charge in [-0.25, -0.2) is 8.42 Å². The molecular weight excluding hydrogens is 276 g/mol. The first-order chi connectivity index (χ1) is 9.43. The molecule has 1 aromatic rings. The molecule has 0 atom stereocenters. The van der Waals surface area contributed by atoms with E-state index in [-0.39, 0.29) is 11.7 Å². The standard InChI is InChI=1S/C14H22N2O3S/c1-4-11-20(18,19)15-13-9-7-12(8-10-13)14(17)16(5-2)6-3/h7-10,15H,4-6,11H2,1-3H3. The van der Waals surface area contributed by atoms with E-state index in [0.717, 1.165) is 0 Å². The summed E-state index contributed by atoms with van der Waals surface area (Å²) in [5, 5.41) is 0. The molecule has 0 aliphatic rings. The van der Waals surface area contributed by atoms with Gasteiger partial charge in [-0.2, -0.15) is 0 Å². The zero-order chi connectivity index (χ0) is 15.2. The van der Waals surface area contributed by atoms with Crippen LogP contribution in [0.15, 0.2) is 24.3 Å². The second kappa shape index (κ2) is 7.28. The summed E-state index contributed by atoms with van der Waals surface area (Å²) in [6.45, 7) is 6.97. The Morgan fingerprint density at radius 1 is 1.10 bits per heavy atom. The molecule has 5 nitrogen and oxygen atoms in total. The van der Waals surface area contributed by atoms with Crippen LogP contribution in [0.5, 0.6) is 0 Å². The summed E-state index contributed by atoms with van der Waals surface area (Å²) in [7, 11) is -3.29. The van der Waals surface area contributed by atoms with E-state index >= 15 is 0 Å². The lowest BCUT2D eigenvalue weighted by Crippen LogP contribution is -2.30. The fraction of sp³-hybridized carbons (Fsp3) is 0.500. The third kappa shape index (κ3) is 4.52. The lowest BCUT2D eigenvalue weighted by atomic mass is 10.2. The summed E-state index contributed by atoms with van der Waals surface area (Å²) in [6.07, 6.45) is 0.563. The van der Waals surface area contributed by atoms with Crippen LogP contribution in [0.1, 0.15) is 37.6 Å². The summed E-state index contributed by atoms with van der Waals surface area (Å²) in [6, 6.07) is 6.52. The van der Waals surface area contributed by atoms with Crippen LogP contribution >= 0.6 is 0 Å². The highest BCUT2D eigenvalue weighted by Crippen LogP contribution is 2.13. The Morgan fingerprint density at radius 3 is 2.10 bits per heavy atom. The SMILES string of the molecule is CCCS(=O)(=O)Nc1ccc(C(=O)N(CC)CC)cc1. The van der Waals surface area contributed by atoms with Crippen molar-refractivity contribution < 1.29 is 13.2 Å². The number of nitrogens with one attached hydrogen (secondary N) is 1. The summed E-state index contributed by atoms with van der Waals surface area (Å²) in [4.78, 5) is 13.8. The van der Waals surface area contributed by atoms with Crippen molar-refractivity contribution in [1.82, 2.24) is 4.90 Å². The maximum Gasteiger partial charge on any atom is 0.253 e. The smallest absolute Gasteiger partial charge is 0.253 e. The molecule has 0 bridgehead atoms. The molecular formula is C14H22N2O3S. The van der Waals surface area contributed by atoms with Crippen LogP contribution in [0.2, 0.25) is 0 Å². The van der Waals surface area contributed by atoms with Crippen molar-refractivity contribution in [1.29, 1.82) is 0 Å². The minimum atomic E-state index is -3.29. The van der Waals surface area contributed by atoms with Crippen molar-refractivity contribution in [2.75, 3.05) is 23.6 Å². The van der Waals surface area contributed by atoms with Gasteiger partial charge in [0.05, 0.1) is 5.75 Å². The highest BCUT2D eigenvalue weighted by molar-refractivity contribution is 7.92. The summed E-state index contributed by atoms with van der Waals surface area (Å²) in [5.74, 6) is 0.0469. The van der Waals surface area contributed by atoms with Gasteiger partial charge in [-0.05, 0) is 44.5 Å². The minimum Gasteiger partial charge on any atom is -0.339 e. The second-order valence-corrected chi connectivity index (χ2v) is 6.32. The van der Waals surface area contributed by atoms with Crippen molar-refractivity contribution in [3.05, 3.63) is 29.8 Å². The summed E-state index contributed by atoms with van der Waals surface area (Å²) >= 11 is 0. The Hall–Kier alpha value is -1.56. The highest BCUT2D eigenvalue weighted by Gasteiger charge is 2.13. The molecule has 1 amide bonds. The normalized spacial score (nSPS) is 11.2. The number of nitrogens with zero attached hydrogens (tertiary/aromatic N) is 1. The Morgan fingerprint density at radius 2 is 1.65 bits per heavy atom. The molecule has 0 spiro atoms. The molecule has 20 heavy (non-hydrogen) atoms. The number of sulfonamides is 1. The molecule has 6 heteroatoms. The van der Waals surface area contributed by atoms with E-state index in [1.165, 1.54) is 0 Å². The van der Waals surface area contributed by atoms with E-state index in [1.807, 2.05) is 20.8 Å². The van der Waals surface area contributed by atoms with Gasteiger partial charge in [0.25, 0.3) is 5.91 Å². The van der Waals surface area contributed by atoms with Crippen LogP contribution in [-0.2, 0) is 10.0 Å². The molecule has 0 aromatic heterocycles. The van der Waals surface area contributed by atoms with Gasteiger partial charge in [0.2, 0.25) is 10.0 Å². The molecule has 1 rings (SSSR count). The molecule has 112 valence electrons. The van der Waals surface area contributed by atoms with Gasteiger partial charge >= 0.3 is 0 Å². The average molecular weight is 298 g/mol. The van der Waals surface area contributed by atoms with Crippen LogP contribution in [0.4, 0.5) is 5.69 Å². The van der Waals surface area contributed by atoms with Crippen molar-refractivity contribution in [2.45, 2.75) is 27.2 Å². The van der Waals surface area contributed by atoms with Gasteiger partial charge in [-0.15, -0.1) is 0 Å². The van der Waals surface area contributed by atoms with Crippen molar-refractivity contribution >= 4 is 21.6 Å². The van der Waals surface area contributed by atoms with E-state index in [0.29, 0.717) is 30.8 Å². The molecule has 1 aromatic carbocycles. The first-order valence-corrected chi connectivity index (χ1v) is 8.48. The Kier molecular flexibility index (Phi) is 6.01. The Bertz CT molecular complexity index is 534. The molecule has 1 N–H and O–H groups in total. The van der Waals surface area contributed by atoms with Crippen LogP contribution in [-0.4, -0.2) is 38.1 Å². The molecule has 0 saturated heterocycles. The average Bonchev–Trinajstić information content (AvgIpc) is 2.40. The molecule has 0 fully saturated rings. The number of benzene rings is 1. The van der Waals surface area contributed by atoms with E-state index in [4.69, 9.17) is 0 Å². The lowest BCUT2D eigenvalue weighted by Gasteiger charge is -2.18. The quantitative estimate of drug-likeness (QED) is 0.840. The monoisotopic (exact) mass is 298 g/mol. The molecule has 0 aliphatic heterocycles. The van der Waals surface area contributed by atoms with Gasteiger partial charge < -0.3 is 4.90 Å². The molecule has 0 heterocycles. The zero-order valence-electron chi connectivity index (χ0n) is 12.2. The number of carbonyl (C=O) groups is 1. The molecule has 0 unspecified atom stereocenters. The maximum atomic E-state index is 12.1. The predicted molar refractivity (Wildman–Crippen MR) is 81.4 cm³/mol. The second-order valence-electron chi connectivity index (χ2n) is 4.48. The number of hydrogen-bond donors (Lipinski definition) is 1. The van der Waals surface area contributed by atoms with Gasteiger partial charge in [0.15, 0.2) is 0 Å². The number of hydrogen-bond acceptors (Lipinski definition) is 3. The Labute approximate surface area is 121 Å². The van der Waals surface area contributed by atoms with Crippen molar-refractivity contribution in [3.8, 4) is 0 Å². The number of anilines is 1. The first-order valence-electron chi connectivity index (χ1n) is 6.83. The molecule has 0 aliphatic carbocycles. The number of rotatable bonds is 7. The van der Waals surface area contributed by atoms with Gasteiger partial charge in [-0.3, -0.25) is 9.52 Å². The van der Waals surface area contributed by atoms with Crippen LogP contribution < -0.4 is 4.72 Å². The third-order valence-corrected chi connectivity index (χ3v) is 4.42. The molecule has 0 radical (unpaired) electrons. The van der Waals surface area contributed by atoms with Gasteiger partial charge in [0, 0.05) is 24.3 Å². The summed E-state index contributed by atoms with van der Waals surface area (Å²) in [5.41, 5.74) is 1.04. The third-order valence-electron chi connectivity index (χ3n) is 2.93. The van der Waals surface area contributed by atoms with Crippen molar-refractivity contribution in [2.24, 2.45) is 0 Å². The van der Waals surface area contributed by atoms with Gasteiger partial charge in [0.1, 0.15) is 0 Å². The molecule has 0 saturated carbocycles. The maximum absolute atomic E-state index is 12.1. The van der Waals surface area contributed by atoms with Gasteiger partial charge in [-0.1, -0.05) is 6.92 Å². The van der Waals surface area contributed by atoms with Crippen molar-refractivity contribution in [3.63, 3.8) is 0 Å². The van der Waals surface area contributed by atoms with E-state index in [2.05, 4.69) is 4.72 Å². The minimum absolute atomic E-state index is 0.0436. The van der Waals surface area contributed by atoms with Crippen LogP contribution in [0.25, 0.3) is 0 Å². The van der Waals surface area contributed by atoms with E-state index < -0.39 is 10.0 Å². The highest BCUT2D eigenvalue weighted by atomic mass is 32.2. The predicted octanol–water partition coefficient (Wildman–Crippen LogP) is 2.32. The van der Waals surface area contributed by atoms with Crippen LogP contribution in [0, 0.1) is 0 Å². The summed E-state index contributed by atoms with van der Waals surface area (Å²) < 4.78 is 25.8. The zero-order valence-corrected chi connectivity index (χ0v) is 13.0. The van der Waals surface area contributed by atoms with E-state index in [1.54, 1.807) is 29.2 Å². The number of amides is 1. The van der Waals surface area contributed by atoms with E-state index in [9.17, 15) is 13.2 Å². The topological polar surface area (TPSA) is 66.5 Å². The lowest BCUT2D eigenvalue weighted by molar-refractivity contribution is 0.0773. The fourth-order valence-corrected chi connectivity index (χ4v) is 3.01. The Balaban J connectivity index is 2.82. The fourth-order valence-electron chi connectivity index (χ4n) is 1.87. The first kappa shape index (κ1) is 16.5. The largest absolute Gasteiger partial charge is 0.339 e. The number of carbonyl (C=O) groups excluding carboxylic acids is 1. The van der Waals surface area contributed by atoms with Crippen LogP contribution in [0.3, 0.4) is 0 Å².